The van der Waals surface area contributed by atoms with Crippen molar-refractivity contribution in [3.05, 3.63) is 65.0 Å². The first-order chi connectivity index (χ1) is 10.3. The van der Waals surface area contributed by atoms with E-state index in [9.17, 15) is 0 Å². The molecule has 0 bridgehead atoms. The lowest BCUT2D eigenvalue weighted by Gasteiger charge is -2.17. The molecule has 0 radical (unpaired) electrons. The van der Waals surface area contributed by atoms with Crippen molar-refractivity contribution in [1.29, 1.82) is 0 Å². The maximum absolute atomic E-state index is 4.08. The minimum Gasteiger partial charge on any atom is -0.317 e. The molecule has 21 heavy (non-hydrogen) atoms. The van der Waals surface area contributed by atoms with E-state index >= 15 is 0 Å². The van der Waals surface area contributed by atoms with E-state index in [0.717, 1.165) is 19.3 Å². The molecule has 0 aliphatic heterocycles. The van der Waals surface area contributed by atoms with Gasteiger partial charge in [-0.2, -0.15) is 0 Å². The largest absolute Gasteiger partial charge is 0.317 e. The highest BCUT2D eigenvalue weighted by Gasteiger charge is 2.13. The van der Waals surface area contributed by atoms with Gasteiger partial charge in [-0.25, -0.2) is 0 Å². The fourth-order valence-electron chi connectivity index (χ4n) is 3.28. The molecule has 1 unspecified atom stereocenters. The zero-order valence-corrected chi connectivity index (χ0v) is 12.8. The summed E-state index contributed by atoms with van der Waals surface area (Å²) in [6.45, 7) is 0. The lowest BCUT2D eigenvalue weighted by atomic mass is 9.97. The van der Waals surface area contributed by atoms with E-state index in [0.29, 0.717) is 6.04 Å². The van der Waals surface area contributed by atoms with Crippen LogP contribution in [0.25, 0.3) is 0 Å². The van der Waals surface area contributed by atoms with E-state index in [4.69, 9.17) is 0 Å². The summed E-state index contributed by atoms with van der Waals surface area (Å²) in [4.78, 5) is 4.08. The summed E-state index contributed by atoms with van der Waals surface area (Å²) >= 11 is 0. The lowest BCUT2D eigenvalue weighted by molar-refractivity contribution is 0.520. The second kappa shape index (κ2) is 6.86. The van der Waals surface area contributed by atoms with Crippen LogP contribution in [0.2, 0.25) is 0 Å². The van der Waals surface area contributed by atoms with Gasteiger partial charge in [0.2, 0.25) is 0 Å². The van der Waals surface area contributed by atoms with Crippen LogP contribution >= 0.6 is 0 Å². The van der Waals surface area contributed by atoms with Crippen LogP contribution in [0.3, 0.4) is 0 Å². The minimum atomic E-state index is 0.539. The highest BCUT2D eigenvalue weighted by molar-refractivity contribution is 5.35. The number of hydrogen-bond acceptors (Lipinski definition) is 2. The van der Waals surface area contributed by atoms with Gasteiger partial charge in [-0.3, -0.25) is 4.98 Å². The SMILES string of the molecule is CNC(CCc1ccncc1)Cc1ccc2c(c1)CCC2. The van der Waals surface area contributed by atoms with Gasteiger partial charge in [0, 0.05) is 18.4 Å². The summed E-state index contributed by atoms with van der Waals surface area (Å²) in [5.74, 6) is 0. The first-order valence-corrected chi connectivity index (χ1v) is 8.02. The molecule has 0 spiro atoms. The zero-order valence-electron chi connectivity index (χ0n) is 12.8. The van der Waals surface area contributed by atoms with Gasteiger partial charge in [0.25, 0.3) is 0 Å². The number of pyridine rings is 1. The van der Waals surface area contributed by atoms with Crippen LogP contribution in [0.1, 0.15) is 35.1 Å². The predicted molar refractivity (Wildman–Crippen MR) is 87.6 cm³/mol. The molecule has 3 rings (SSSR count). The van der Waals surface area contributed by atoms with E-state index in [1.165, 1.54) is 30.4 Å². The lowest BCUT2D eigenvalue weighted by Crippen LogP contribution is -2.28. The summed E-state index contributed by atoms with van der Waals surface area (Å²) in [7, 11) is 2.07. The fraction of sp³-hybridized carbons (Fsp3) is 0.421. The van der Waals surface area contributed by atoms with Gasteiger partial charge < -0.3 is 5.32 Å². The van der Waals surface area contributed by atoms with Gasteiger partial charge in [-0.15, -0.1) is 0 Å². The summed E-state index contributed by atoms with van der Waals surface area (Å²) < 4.78 is 0. The molecule has 1 aromatic carbocycles. The van der Waals surface area contributed by atoms with Gasteiger partial charge in [0.05, 0.1) is 0 Å². The Bertz CT molecular complexity index is 577. The zero-order chi connectivity index (χ0) is 14.5. The molecule has 0 amide bonds. The van der Waals surface area contributed by atoms with Crippen molar-refractivity contribution < 1.29 is 0 Å². The van der Waals surface area contributed by atoms with Crippen molar-refractivity contribution in [1.82, 2.24) is 10.3 Å². The number of fused-ring (bicyclic) bond motifs is 1. The number of likely N-dealkylation sites (N-methyl/N-ethyl adjacent to an activating group) is 1. The van der Waals surface area contributed by atoms with Gasteiger partial charge in [0.1, 0.15) is 0 Å². The molecule has 2 aromatic rings. The van der Waals surface area contributed by atoms with E-state index in [1.54, 1.807) is 11.1 Å². The predicted octanol–water partition coefficient (Wildman–Crippen LogP) is 3.33. The Kier molecular flexibility index (Phi) is 4.66. The Morgan fingerprint density at radius 2 is 1.86 bits per heavy atom. The standard InChI is InChI=1S/C19H24N2/c1-20-19(8-6-15-9-11-21-12-10-15)14-16-5-7-17-3-2-4-18(17)13-16/h5,7,9-13,19-20H,2-4,6,8,14H2,1H3. The summed E-state index contributed by atoms with van der Waals surface area (Å²) in [6.07, 6.45) is 11.0. The number of nitrogens with one attached hydrogen (secondary N) is 1. The Balaban J connectivity index is 1.59. The Morgan fingerprint density at radius 3 is 2.67 bits per heavy atom. The van der Waals surface area contributed by atoms with Crippen molar-refractivity contribution >= 4 is 0 Å². The third-order valence-electron chi connectivity index (χ3n) is 4.58. The van der Waals surface area contributed by atoms with E-state index in [1.807, 2.05) is 12.4 Å². The highest BCUT2D eigenvalue weighted by atomic mass is 14.9. The van der Waals surface area contributed by atoms with E-state index < -0.39 is 0 Å². The van der Waals surface area contributed by atoms with Crippen molar-refractivity contribution in [3.63, 3.8) is 0 Å². The van der Waals surface area contributed by atoms with Crippen molar-refractivity contribution in [2.45, 2.75) is 44.6 Å². The first-order valence-electron chi connectivity index (χ1n) is 8.02. The van der Waals surface area contributed by atoms with Crippen LogP contribution < -0.4 is 5.32 Å². The molecule has 1 aliphatic rings. The van der Waals surface area contributed by atoms with Crippen LogP contribution in [0.4, 0.5) is 0 Å². The number of nitrogens with zero attached hydrogens (tertiary/aromatic N) is 1. The van der Waals surface area contributed by atoms with Crippen LogP contribution in [0.5, 0.6) is 0 Å². The fourth-order valence-corrected chi connectivity index (χ4v) is 3.28. The highest BCUT2D eigenvalue weighted by Crippen LogP contribution is 2.23. The topological polar surface area (TPSA) is 24.9 Å². The van der Waals surface area contributed by atoms with Crippen molar-refractivity contribution in [3.8, 4) is 0 Å². The molecule has 1 aromatic heterocycles. The first kappa shape index (κ1) is 14.3. The van der Waals surface area contributed by atoms with Gasteiger partial charge in [-0.05, 0) is 80.0 Å². The van der Waals surface area contributed by atoms with E-state index in [2.05, 4.69) is 47.7 Å². The number of rotatable bonds is 6. The Hall–Kier alpha value is -1.67. The van der Waals surface area contributed by atoms with Crippen LogP contribution in [0.15, 0.2) is 42.7 Å². The summed E-state index contributed by atoms with van der Waals surface area (Å²) in [5.41, 5.74) is 6.00. The molecular weight excluding hydrogens is 256 g/mol. The monoisotopic (exact) mass is 280 g/mol. The van der Waals surface area contributed by atoms with Crippen LogP contribution in [-0.2, 0) is 25.7 Å². The molecule has 2 nitrogen and oxygen atoms in total. The third kappa shape index (κ3) is 3.70. The molecule has 1 heterocycles. The molecule has 110 valence electrons. The number of hydrogen-bond donors (Lipinski definition) is 1. The number of aryl methyl sites for hydroxylation is 3. The van der Waals surface area contributed by atoms with Crippen LogP contribution in [0, 0.1) is 0 Å². The molecule has 0 saturated heterocycles. The maximum Gasteiger partial charge on any atom is 0.0270 e. The van der Waals surface area contributed by atoms with Gasteiger partial charge >= 0.3 is 0 Å². The summed E-state index contributed by atoms with van der Waals surface area (Å²) in [5, 5.41) is 3.47. The number of aromatic nitrogens is 1. The number of benzene rings is 1. The van der Waals surface area contributed by atoms with Crippen LogP contribution in [-0.4, -0.2) is 18.1 Å². The molecule has 1 atom stereocenters. The second-order valence-corrected chi connectivity index (χ2v) is 6.04. The Morgan fingerprint density at radius 1 is 1.05 bits per heavy atom. The maximum atomic E-state index is 4.08. The van der Waals surface area contributed by atoms with Gasteiger partial charge in [0.15, 0.2) is 0 Å². The average molecular weight is 280 g/mol. The quantitative estimate of drug-likeness (QED) is 0.878. The summed E-state index contributed by atoms with van der Waals surface area (Å²) in [6, 6.07) is 11.9. The average Bonchev–Trinajstić information content (AvgIpc) is 3.00. The molecule has 0 fully saturated rings. The van der Waals surface area contributed by atoms with Crippen molar-refractivity contribution in [2.24, 2.45) is 0 Å². The molecule has 1 N–H and O–H groups in total. The van der Waals surface area contributed by atoms with E-state index in [-0.39, 0.29) is 0 Å². The molecular formula is C19H24N2. The normalized spacial score (nSPS) is 14.9. The smallest absolute Gasteiger partial charge is 0.0270 e. The second-order valence-electron chi connectivity index (χ2n) is 6.04. The molecule has 1 aliphatic carbocycles. The molecule has 2 heteroatoms. The minimum absolute atomic E-state index is 0.539. The third-order valence-corrected chi connectivity index (χ3v) is 4.58. The Labute approximate surface area is 127 Å². The molecule has 0 saturated carbocycles. The van der Waals surface area contributed by atoms with Gasteiger partial charge in [-0.1, -0.05) is 18.2 Å². The van der Waals surface area contributed by atoms with Crippen molar-refractivity contribution in [2.75, 3.05) is 7.05 Å².